The van der Waals surface area contributed by atoms with Crippen molar-refractivity contribution >= 4 is 11.8 Å². The Hall–Kier alpha value is -2.47. The smallest absolute Gasteiger partial charge is 0.169 e. The highest BCUT2D eigenvalue weighted by Crippen LogP contribution is 2.33. The van der Waals surface area contributed by atoms with Crippen molar-refractivity contribution in [2.24, 2.45) is 0 Å². The molecule has 0 amide bonds. The second kappa shape index (κ2) is 10.5. The topological polar surface area (TPSA) is 36.9 Å². The molecule has 3 aromatic carbocycles. The Bertz CT molecular complexity index is 922. The highest BCUT2D eigenvalue weighted by Gasteiger charge is 2.16. The average Bonchev–Trinajstić information content (AvgIpc) is 3.32. The molecule has 5 heteroatoms. The molecule has 0 aromatic heterocycles. The zero-order valence-electron chi connectivity index (χ0n) is 17.1. The predicted molar refractivity (Wildman–Crippen MR) is 120 cm³/mol. The molecule has 4 nitrogen and oxygen atoms in total. The first-order valence-electron chi connectivity index (χ1n) is 10.1. The van der Waals surface area contributed by atoms with E-state index in [1.165, 1.54) is 16.0 Å². The van der Waals surface area contributed by atoms with Crippen molar-refractivity contribution in [3.05, 3.63) is 83.9 Å². The molecule has 0 atom stereocenters. The Morgan fingerprint density at radius 2 is 1.60 bits per heavy atom. The quantitative estimate of drug-likeness (QED) is 0.390. The van der Waals surface area contributed by atoms with Crippen molar-refractivity contribution < 1.29 is 18.9 Å². The van der Waals surface area contributed by atoms with Gasteiger partial charge in [0.25, 0.3) is 0 Å². The molecule has 1 heterocycles. The second-order valence-corrected chi connectivity index (χ2v) is 8.09. The zero-order chi connectivity index (χ0) is 20.6. The lowest BCUT2D eigenvalue weighted by molar-refractivity contribution is -0.0462. The van der Waals surface area contributed by atoms with Gasteiger partial charge >= 0.3 is 0 Å². The van der Waals surface area contributed by atoms with Gasteiger partial charge in [0.1, 0.15) is 5.75 Å². The van der Waals surface area contributed by atoms with E-state index in [9.17, 15) is 0 Å². The van der Waals surface area contributed by atoms with Gasteiger partial charge in [0.05, 0.1) is 20.3 Å². The van der Waals surface area contributed by atoms with E-state index < -0.39 is 0 Å². The summed E-state index contributed by atoms with van der Waals surface area (Å²) in [5.74, 6) is 3.15. The number of thioether (sulfide) groups is 1. The molecular weight excluding hydrogens is 396 g/mol. The molecule has 0 saturated carbocycles. The molecule has 0 spiro atoms. The minimum Gasteiger partial charge on any atom is -0.493 e. The van der Waals surface area contributed by atoms with Gasteiger partial charge in [0.2, 0.25) is 0 Å². The standard InChI is InChI=1S/C25H26O4S/c1-26-23-13-9-19(10-14-25-27-15-16-28-25)17-24(23)29-21-11-7-20(8-12-21)18-30-22-5-3-2-4-6-22/h2-9,11-13,17,25H,10,14-16,18H2,1H3. The molecule has 0 aliphatic carbocycles. The summed E-state index contributed by atoms with van der Waals surface area (Å²) >= 11 is 1.83. The van der Waals surface area contributed by atoms with Crippen LogP contribution < -0.4 is 9.47 Å². The van der Waals surface area contributed by atoms with E-state index in [0.717, 1.165) is 35.8 Å². The molecule has 3 aromatic rings. The minimum atomic E-state index is -0.0993. The van der Waals surface area contributed by atoms with Gasteiger partial charge in [0, 0.05) is 17.1 Å². The summed E-state index contributed by atoms with van der Waals surface area (Å²) in [6, 6.07) is 24.7. The van der Waals surface area contributed by atoms with E-state index in [4.69, 9.17) is 18.9 Å². The number of hydrogen-bond donors (Lipinski definition) is 0. The largest absolute Gasteiger partial charge is 0.493 e. The van der Waals surface area contributed by atoms with Crippen LogP contribution in [-0.4, -0.2) is 26.6 Å². The fourth-order valence-electron chi connectivity index (χ4n) is 3.28. The van der Waals surface area contributed by atoms with Crippen molar-refractivity contribution in [2.45, 2.75) is 29.8 Å². The van der Waals surface area contributed by atoms with Crippen LogP contribution >= 0.6 is 11.8 Å². The van der Waals surface area contributed by atoms with E-state index in [-0.39, 0.29) is 6.29 Å². The highest BCUT2D eigenvalue weighted by atomic mass is 32.2. The van der Waals surface area contributed by atoms with Crippen molar-refractivity contribution in [2.75, 3.05) is 20.3 Å². The van der Waals surface area contributed by atoms with Crippen LogP contribution in [-0.2, 0) is 21.6 Å². The third-order valence-electron chi connectivity index (χ3n) is 4.89. The summed E-state index contributed by atoms with van der Waals surface area (Å²) in [5, 5.41) is 0. The van der Waals surface area contributed by atoms with Gasteiger partial charge in [-0.1, -0.05) is 36.4 Å². The number of benzene rings is 3. The molecule has 0 N–H and O–H groups in total. The summed E-state index contributed by atoms with van der Waals surface area (Å²) in [4.78, 5) is 1.27. The van der Waals surface area contributed by atoms with Gasteiger partial charge in [-0.2, -0.15) is 0 Å². The lowest BCUT2D eigenvalue weighted by Crippen LogP contribution is -2.08. The number of ether oxygens (including phenoxy) is 4. The molecule has 1 saturated heterocycles. The molecular formula is C25H26O4S. The number of methoxy groups -OCH3 is 1. The maximum atomic E-state index is 6.14. The van der Waals surface area contributed by atoms with Crippen molar-refractivity contribution in [3.63, 3.8) is 0 Å². The highest BCUT2D eigenvalue weighted by molar-refractivity contribution is 7.98. The van der Waals surface area contributed by atoms with E-state index in [1.807, 2.05) is 42.1 Å². The first kappa shape index (κ1) is 20.8. The number of rotatable bonds is 9. The molecule has 0 bridgehead atoms. The predicted octanol–water partition coefficient (Wildman–Crippen LogP) is 6.09. The Labute approximate surface area is 182 Å². The molecule has 0 radical (unpaired) electrons. The van der Waals surface area contributed by atoms with Gasteiger partial charge in [0.15, 0.2) is 17.8 Å². The Kier molecular flexibility index (Phi) is 7.29. The van der Waals surface area contributed by atoms with Crippen LogP contribution in [0.5, 0.6) is 17.2 Å². The zero-order valence-corrected chi connectivity index (χ0v) is 17.9. The van der Waals surface area contributed by atoms with Gasteiger partial charge < -0.3 is 18.9 Å². The molecule has 1 aliphatic heterocycles. The van der Waals surface area contributed by atoms with E-state index >= 15 is 0 Å². The lowest BCUT2D eigenvalue weighted by atomic mass is 10.1. The average molecular weight is 423 g/mol. The van der Waals surface area contributed by atoms with Crippen molar-refractivity contribution in [3.8, 4) is 17.2 Å². The SMILES string of the molecule is COc1ccc(CCC2OCCO2)cc1Oc1ccc(CSc2ccccc2)cc1. The van der Waals surface area contributed by atoms with Crippen LogP contribution in [0.1, 0.15) is 17.5 Å². The maximum absolute atomic E-state index is 6.14. The molecule has 156 valence electrons. The Morgan fingerprint density at radius 1 is 0.867 bits per heavy atom. The maximum Gasteiger partial charge on any atom is 0.169 e. The van der Waals surface area contributed by atoms with Crippen molar-refractivity contribution in [1.29, 1.82) is 0 Å². The lowest BCUT2D eigenvalue weighted by Gasteiger charge is -2.13. The van der Waals surface area contributed by atoms with E-state index in [2.05, 4.69) is 42.5 Å². The first-order valence-corrected chi connectivity index (χ1v) is 11.1. The third-order valence-corrected chi connectivity index (χ3v) is 5.97. The van der Waals surface area contributed by atoms with Crippen LogP contribution in [0.3, 0.4) is 0 Å². The van der Waals surface area contributed by atoms with Gasteiger partial charge in [-0.25, -0.2) is 0 Å². The minimum absolute atomic E-state index is 0.0993. The second-order valence-electron chi connectivity index (χ2n) is 7.04. The Balaban J connectivity index is 1.37. The summed E-state index contributed by atoms with van der Waals surface area (Å²) in [5.41, 5.74) is 2.43. The summed E-state index contributed by atoms with van der Waals surface area (Å²) in [6.45, 7) is 1.36. The molecule has 0 unspecified atom stereocenters. The molecule has 1 aliphatic rings. The van der Waals surface area contributed by atoms with Gasteiger partial charge in [-0.05, 0) is 53.9 Å². The van der Waals surface area contributed by atoms with Crippen molar-refractivity contribution in [1.82, 2.24) is 0 Å². The van der Waals surface area contributed by atoms with E-state index in [1.54, 1.807) is 7.11 Å². The summed E-state index contributed by atoms with van der Waals surface area (Å²) in [7, 11) is 1.66. The van der Waals surface area contributed by atoms with Crippen LogP contribution in [0.2, 0.25) is 0 Å². The fourth-order valence-corrected chi connectivity index (χ4v) is 4.15. The molecule has 4 rings (SSSR count). The molecule has 1 fully saturated rings. The first-order chi connectivity index (χ1) is 14.8. The van der Waals surface area contributed by atoms with Gasteiger partial charge in [-0.15, -0.1) is 11.8 Å². The summed E-state index contributed by atoms with van der Waals surface area (Å²) < 4.78 is 22.7. The van der Waals surface area contributed by atoms with Crippen LogP contribution in [0.4, 0.5) is 0 Å². The monoisotopic (exact) mass is 422 g/mol. The van der Waals surface area contributed by atoms with Crippen LogP contribution in [0.15, 0.2) is 77.7 Å². The summed E-state index contributed by atoms with van der Waals surface area (Å²) in [6.07, 6.45) is 1.60. The van der Waals surface area contributed by atoms with Crippen LogP contribution in [0.25, 0.3) is 0 Å². The van der Waals surface area contributed by atoms with Gasteiger partial charge in [-0.3, -0.25) is 0 Å². The number of hydrogen-bond acceptors (Lipinski definition) is 5. The third kappa shape index (κ3) is 5.79. The Morgan fingerprint density at radius 3 is 2.33 bits per heavy atom. The van der Waals surface area contributed by atoms with E-state index in [0.29, 0.717) is 13.2 Å². The normalized spacial score (nSPS) is 14.0. The molecule has 30 heavy (non-hydrogen) atoms. The van der Waals surface area contributed by atoms with Crippen LogP contribution in [0, 0.1) is 0 Å². The number of aryl methyl sites for hydroxylation is 1. The fraction of sp³-hybridized carbons (Fsp3) is 0.280.